The van der Waals surface area contributed by atoms with Gasteiger partial charge in [-0.2, -0.15) is 9.97 Å². The van der Waals surface area contributed by atoms with Gasteiger partial charge in [-0.15, -0.1) is 0 Å². The Morgan fingerprint density at radius 3 is 2.71 bits per heavy atom. The number of benzene rings is 1. The first-order chi connectivity index (χ1) is 18.4. The van der Waals surface area contributed by atoms with Crippen LogP contribution in [0.4, 0.5) is 20.5 Å². The standard InChI is InChI=1S/C26H31F2N7O3/c27-22(28)23-30-18-3-1-2-4-19(18)35(23)21-15-20(31-25(32-21)33-11-13-38-14-12-33)29-9-5-17-6-10-34(16-17)24(36)26(37)7-8-26/h1-4,15,17,22,37H,5-14,16H2,(H,29,31,32)/t17-/m0/s1. The molecule has 1 aliphatic carbocycles. The highest BCUT2D eigenvalue weighted by molar-refractivity contribution is 5.88. The summed E-state index contributed by atoms with van der Waals surface area (Å²) in [6, 6.07) is 8.69. The number of rotatable bonds is 8. The van der Waals surface area contributed by atoms with Gasteiger partial charge in [-0.1, -0.05) is 12.1 Å². The van der Waals surface area contributed by atoms with Crippen LogP contribution in [0, 0.1) is 5.92 Å². The number of morpholine rings is 1. The molecule has 4 heterocycles. The number of carbonyl (C=O) groups is 1. The predicted octanol–water partition coefficient (Wildman–Crippen LogP) is 2.77. The second kappa shape index (κ2) is 10.1. The van der Waals surface area contributed by atoms with E-state index in [0.29, 0.717) is 93.3 Å². The van der Waals surface area contributed by atoms with Crippen molar-refractivity contribution in [2.75, 3.05) is 56.2 Å². The number of carbonyl (C=O) groups excluding carboxylic acids is 1. The number of nitrogens with zero attached hydrogens (tertiary/aromatic N) is 6. The summed E-state index contributed by atoms with van der Waals surface area (Å²) in [6.07, 6.45) is 0.0222. The smallest absolute Gasteiger partial charge is 0.296 e. The molecule has 3 aromatic rings. The number of anilines is 2. The predicted molar refractivity (Wildman–Crippen MR) is 137 cm³/mol. The van der Waals surface area contributed by atoms with Crippen LogP contribution < -0.4 is 10.2 Å². The van der Waals surface area contributed by atoms with Crippen LogP contribution in [-0.4, -0.2) is 87.0 Å². The Morgan fingerprint density at radius 1 is 1.16 bits per heavy atom. The van der Waals surface area contributed by atoms with Crippen LogP contribution in [0.1, 0.15) is 37.9 Å². The molecule has 6 rings (SSSR count). The third kappa shape index (κ3) is 4.90. The van der Waals surface area contributed by atoms with Crippen molar-refractivity contribution in [1.82, 2.24) is 24.4 Å². The minimum absolute atomic E-state index is 0.147. The second-order valence-electron chi connectivity index (χ2n) is 10.3. The molecule has 0 radical (unpaired) electrons. The maximum atomic E-state index is 14.0. The van der Waals surface area contributed by atoms with E-state index in [0.717, 1.165) is 12.8 Å². The summed E-state index contributed by atoms with van der Waals surface area (Å²) in [5, 5.41) is 13.5. The number of halogens is 2. The first kappa shape index (κ1) is 24.9. The Morgan fingerprint density at radius 2 is 1.95 bits per heavy atom. The Kier molecular flexibility index (Phi) is 6.60. The van der Waals surface area contributed by atoms with E-state index in [2.05, 4.69) is 15.3 Å². The number of hydrogen-bond donors (Lipinski definition) is 2. The number of aromatic nitrogens is 4. The van der Waals surface area contributed by atoms with E-state index in [1.807, 2.05) is 4.90 Å². The van der Waals surface area contributed by atoms with Crippen molar-refractivity contribution < 1.29 is 23.4 Å². The van der Waals surface area contributed by atoms with Crippen LogP contribution in [0.2, 0.25) is 0 Å². The van der Waals surface area contributed by atoms with Crippen molar-refractivity contribution in [3.63, 3.8) is 0 Å². The van der Waals surface area contributed by atoms with Crippen molar-refractivity contribution in [3.05, 3.63) is 36.2 Å². The first-order valence-electron chi connectivity index (χ1n) is 13.1. The average Bonchev–Trinajstić information content (AvgIpc) is 3.34. The molecular formula is C26H31F2N7O3. The molecule has 38 heavy (non-hydrogen) atoms. The Hall–Kier alpha value is -3.38. The molecule has 0 spiro atoms. The summed E-state index contributed by atoms with van der Waals surface area (Å²) in [5.74, 6) is 1.11. The molecule has 1 atom stereocenters. The highest BCUT2D eigenvalue weighted by Crippen LogP contribution is 2.38. The second-order valence-corrected chi connectivity index (χ2v) is 10.3. The molecule has 0 bridgehead atoms. The lowest BCUT2D eigenvalue weighted by Gasteiger charge is -2.27. The number of imidazole rings is 1. The summed E-state index contributed by atoms with van der Waals surface area (Å²) in [5.41, 5.74) is -0.108. The fourth-order valence-corrected chi connectivity index (χ4v) is 5.25. The van der Waals surface area contributed by atoms with E-state index in [-0.39, 0.29) is 11.7 Å². The van der Waals surface area contributed by atoms with E-state index >= 15 is 0 Å². The molecule has 2 saturated heterocycles. The van der Waals surface area contributed by atoms with Gasteiger partial charge in [0, 0.05) is 38.8 Å². The number of amides is 1. The molecule has 12 heteroatoms. The van der Waals surface area contributed by atoms with E-state index < -0.39 is 12.0 Å². The third-order valence-corrected chi connectivity index (χ3v) is 7.56. The van der Waals surface area contributed by atoms with Gasteiger partial charge >= 0.3 is 0 Å². The zero-order valence-electron chi connectivity index (χ0n) is 21.0. The zero-order valence-corrected chi connectivity index (χ0v) is 21.0. The number of aliphatic hydroxyl groups is 1. The van der Waals surface area contributed by atoms with Gasteiger partial charge in [-0.3, -0.25) is 9.36 Å². The lowest BCUT2D eigenvalue weighted by atomic mass is 10.1. The van der Waals surface area contributed by atoms with Crippen molar-refractivity contribution in [2.45, 2.75) is 37.7 Å². The number of likely N-dealkylation sites (tertiary alicyclic amines) is 1. The SMILES string of the molecule is O=C(N1CC[C@H](CCNc2cc(-n3c(C(F)F)nc4ccccc43)nc(N3CCOCC3)n2)C1)C1(O)CC1. The molecule has 202 valence electrons. The molecular weight excluding hydrogens is 496 g/mol. The van der Waals surface area contributed by atoms with Gasteiger partial charge in [-0.05, 0) is 43.7 Å². The van der Waals surface area contributed by atoms with E-state index in [1.165, 1.54) is 4.57 Å². The normalized spacial score (nSPS) is 20.9. The van der Waals surface area contributed by atoms with Crippen LogP contribution in [0.3, 0.4) is 0 Å². The molecule has 3 fully saturated rings. The minimum atomic E-state index is -2.78. The van der Waals surface area contributed by atoms with Gasteiger partial charge in [0.2, 0.25) is 5.95 Å². The molecule has 1 amide bonds. The van der Waals surface area contributed by atoms with Crippen LogP contribution >= 0.6 is 0 Å². The number of nitrogens with one attached hydrogen (secondary N) is 1. The van der Waals surface area contributed by atoms with Crippen LogP contribution in [-0.2, 0) is 9.53 Å². The summed E-state index contributed by atoms with van der Waals surface area (Å²) in [7, 11) is 0. The molecule has 1 saturated carbocycles. The van der Waals surface area contributed by atoms with Crippen LogP contribution in [0.15, 0.2) is 30.3 Å². The third-order valence-electron chi connectivity index (χ3n) is 7.56. The van der Waals surface area contributed by atoms with Gasteiger partial charge < -0.3 is 25.0 Å². The number of ether oxygens (including phenoxy) is 1. The molecule has 1 aromatic carbocycles. The number of alkyl halides is 2. The lowest BCUT2D eigenvalue weighted by Crippen LogP contribution is -2.39. The Bertz CT molecular complexity index is 1320. The molecule has 0 unspecified atom stereocenters. The quantitative estimate of drug-likeness (QED) is 0.461. The maximum Gasteiger partial charge on any atom is 0.296 e. The van der Waals surface area contributed by atoms with Crippen molar-refractivity contribution in [2.24, 2.45) is 5.92 Å². The average molecular weight is 528 g/mol. The fraction of sp³-hybridized carbons (Fsp3) is 0.538. The van der Waals surface area contributed by atoms with Gasteiger partial charge in [0.25, 0.3) is 12.3 Å². The topological polar surface area (TPSA) is 109 Å². The molecule has 2 N–H and O–H groups in total. The van der Waals surface area contributed by atoms with E-state index in [4.69, 9.17) is 9.72 Å². The van der Waals surface area contributed by atoms with Crippen molar-refractivity contribution in [1.29, 1.82) is 0 Å². The van der Waals surface area contributed by atoms with Gasteiger partial charge in [0.15, 0.2) is 5.82 Å². The lowest BCUT2D eigenvalue weighted by molar-refractivity contribution is -0.141. The largest absolute Gasteiger partial charge is 0.380 e. The number of hydrogen-bond acceptors (Lipinski definition) is 8. The number of para-hydroxylation sites is 2. The molecule has 10 nitrogen and oxygen atoms in total. The highest BCUT2D eigenvalue weighted by Gasteiger charge is 2.51. The Labute approximate surface area is 218 Å². The van der Waals surface area contributed by atoms with Crippen LogP contribution in [0.5, 0.6) is 0 Å². The Balaban J connectivity index is 1.23. The number of fused-ring (bicyclic) bond motifs is 1. The molecule has 2 aromatic heterocycles. The monoisotopic (exact) mass is 527 g/mol. The van der Waals surface area contributed by atoms with Crippen molar-refractivity contribution in [3.8, 4) is 5.82 Å². The summed E-state index contributed by atoms with van der Waals surface area (Å²) in [6.45, 7) is 4.19. The zero-order chi connectivity index (χ0) is 26.3. The minimum Gasteiger partial charge on any atom is -0.380 e. The van der Waals surface area contributed by atoms with E-state index in [9.17, 15) is 18.7 Å². The summed E-state index contributed by atoms with van der Waals surface area (Å²) in [4.78, 5) is 29.7. The highest BCUT2D eigenvalue weighted by atomic mass is 19.3. The first-order valence-corrected chi connectivity index (χ1v) is 13.1. The fourth-order valence-electron chi connectivity index (χ4n) is 5.25. The van der Waals surface area contributed by atoms with E-state index in [1.54, 1.807) is 35.2 Å². The molecule has 2 aliphatic heterocycles. The van der Waals surface area contributed by atoms with Crippen LogP contribution in [0.25, 0.3) is 16.9 Å². The van der Waals surface area contributed by atoms with Gasteiger partial charge in [0.1, 0.15) is 17.2 Å². The molecule has 3 aliphatic rings. The van der Waals surface area contributed by atoms with Gasteiger partial charge in [0.05, 0.1) is 24.2 Å². The summed E-state index contributed by atoms with van der Waals surface area (Å²) >= 11 is 0. The van der Waals surface area contributed by atoms with Gasteiger partial charge in [-0.25, -0.2) is 13.8 Å². The maximum absolute atomic E-state index is 14.0. The summed E-state index contributed by atoms with van der Waals surface area (Å²) < 4.78 is 34.9. The van der Waals surface area contributed by atoms with Crippen molar-refractivity contribution >= 4 is 28.7 Å².